The number of carbonyl (C=O) groups is 2. The molecule has 2 heterocycles. The third kappa shape index (κ3) is 4.73. The van der Waals surface area contributed by atoms with Gasteiger partial charge in [-0.1, -0.05) is 6.07 Å². The molecule has 1 aromatic heterocycles. The second kappa shape index (κ2) is 8.19. The fourth-order valence-corrected chi connectivity index (χ4v) is 4.12. The molecule has 144 valence electrons. The highest BCUT2D eigenvalue weighted by Gasteiger charge is 2.25. The summed E-state index contributed by atoms with van der Waals surface area (Å²) >= 11 is 1.42. The van der Waals surface area contributed by atoms with Gasteiger partial charge in [0.05, 0.1) is 18.2 Å². The standard InChI is InChI=1S/C20H25N3O3S/c1-12-8-14(3)16(9-13(12)2)17-11-27-20(21-17)22-18(24)10-23-6-4-15(5-7-23)19(25)26/h8-9,11,15H,4-7,10H2,1-3H3,(H,25,26)(H,21,22,24). The van der Waals surface area contributed by atoms with Gasteiger partial charge in [0.1, 0.15) is 0 Å². The minimum Gasteiger partial charge on any atom is -0.481 e. The Morgan fingerprint density at radius 1 is 1.19 bits per heavy atom. The van der Waals surface area contributed by atoms with Gasteiger partial charge in [-0.05, 0) is 69.5 Å². The third-order valence-electron chi connectivity index (χ3n) is 5.17. The van der Waals surface area contributed by atoms with Gasteiger partial charge in [0.15, 0.2) is 5.13 Å². The molecule has 1 saturated heterocycles. The number of hydrogen-bond donors (Lipinski definition) is 2. The molecule has 0 saturated carbocycles. The van der Waals surface area contributed by atoms with Crippen LogP contribution in [0.5, 0.6) is 0 Å². The van der Waals surface area contributed by atoms with E-state index in [2.05, 4.69) is 43.2 Å². The molecule has 2 N–H and O–H groups in total. The summed E-state index contributed by atoms with van der Waals surface area (Å²) in [5.41, 5.74) is 5.61. The SMILES string of the molecule is Cc1cc(C)c(-c2csc(NC(=O)CN3CCC(C(=O)O)CC3)n2)cc1C. The molecule has 0 atom stereocenters. The molecule has 0 spiro atoms. The summed E-state index contributed by atoms with van der Waals surface area (Å²) in [6, 6.07) is 4.29. The molecule has 7 heteroatoms. The van der Waals surface area contributed by atoms with Gasteiger partial charge in [-0.25, -0.2) is 4.98 Å². The van der Waals surface area contributed by atoms with E-state index in [-0.39, 0.29) is 18.4 Å². The Bertz CT molecular complexity index is 854. The number of aryl methyl sites for hydroxylation is 3. The highest BCUT2D eigenvalue weighted by molar-refractivity contribution is 7.14. The monoisotopic (exact) mass is 387 g/mol. The zero-order valence-corrected chi connectivity index (χ0v) is 16.7. The number of thiazole rings is 1. The van der Waals surface area contributed by atoms with Gasteiger partial charge in [-0.15, -0.1) is 11.3 Å². The molecule has 0 aliphatic carbocycles. The van der Waals surface area contributed by atoms with Crippen LogP contribution in [-0.2, 0) is 9.59 Å². The fraction of sp³-hybridized carbons (Fsp3) is 0.450. The van der Waals surface area contributed by atoms with Gasteiger partial charge in [0.2, 0.25) is 5.91 Å². The van der Waals surface area contributed by atoms with Gasteiger partial charge >= 0.3 is 5.97 Å². The second-order valence-electron chi connectivity index (χ2n) is 7.23. The van der Waals surface area contributed by atoms with Crippen LogP contribution >= 0.6 is 11.3 Å². The maximum atomic E-state index is 12.3. The Morgan fingerprint density at radius 3 is 2.52 bits per heavy atom. The Morgan fingerprint density at radius 2 is 1.85 bits per heavy atom. The summed E-state index contributed by atoms with van der Waals surface area (Å²) in [5.74, 6) is -1.13. The molecule has 0 unspecified atom stereocenters. The van der Waals surface area contributed by atoms with E-state index in [9.17, 15) is 9.59 Å². The van der Waals surface area contributed by atoms with Crippen LogP contribution in [0.25, 0.3) is 11.3 Å². The number of carboxylic acid groups (broad SMARTS) is 1. The van der Waals surface area contributed by atoms with E-state index in [0.717, 1.165) is 11.3 Å². The number of aromatic nitrogens is 1. The summed E-state index contributed by atoms with van der Waals surface area (Å²) in [4.78, 5) is 29.9. The lowest BCUT2D eigenvalue weighted by atomic mass is 9.97. The number of amides is 1. The number of likely N-dealkylation sites (tertiary alicyclic amines) is 1. The number of nitrogens with zero attached hydrogens (tertiary/aromatic N) is 2. The predicted molar refractivity (Wildman–Crippen MR) is 107 cm³/mol. The molecule has 1 fully saturated rings. The predicted octanol–water partition coefficient (Wildman–Crippen LogP) is 3.47. The third-order valence-corrected chi connectivity index (χ3v) is 5.93. The van der Waals surface area contributed by atoms with Crippen molar-refractivity contribution < 1.29 is 14.7 Å². The molecule has 3 rings (SSSR count). The van der Waals surface area contributed by atoms with Crippen molar-refractivity contribution >= 4 is 28.3 Å². The van der Waals surface area contributed by atoms with Crippen molar-refractivity contribution in [1.29, 1.82) is 0 Å². The van der Waals surface area contributed by atoms with E-state index in [0.29, 0.717) is 31.1 Å². The van der Waals surface area contributed by atoms with Gasteiger partial charge in [0.25, 0.3) is 0 Å². The molecule has 0 bridgehead atoms. The molecule has 1 aliphatic rings. The highest BCUT2D eigenvalue weighted by atomic mass is 32.1. The normalized spacial score (nSPS) is 15.7. The van der Waals surface area contributed by atoms with Crippen LogP contribution < -0.4 is 5.32 Å². The van der Waals surface area contributed by atoms with E-state index in [1.807, 2.05) is 10.3 Å². The average molecular weight is 388 g/mol. The van der Waals surface area contributed by atoms with Crippen molar-refractivity contribution in [2.75, 3.05) is 25.0 Å². The van der Waals surface area contributed by atoms with Gasteiger partial charge < -0.3 is 10.4 Å². The minimum absolute atomic E-state index is 0.110. The molecule has 0 radical (unpaired) electrons. The molecule has 6 nitrogen and oxygen atoms in total. The van der Waals surface area contributed by atoms with Crippen LogP contribution in [0.15, 0.2) is 17.5 Å². The van der Waals surface area contributed by atoms with Gasteiger partial charge in [0, 0.05) is 10.9 Å². The van der Waals surface area contributed by atoms with Gasteiger partial charge in [-0.2, -0.15) is 0 Å². The Hall–Kier alpha value is -2.25. The lowest BCUT2D eigenvalue weighted by molar-refractivity contribution is -0.143. The first-order valence-electron chi connectivity index (χ1n) is 9.12. The maximum Gasteiger partial charge on any atom is 0.306 e. The lowest BCUT2D eigenvalue weighted by Crippen LogP contribution is -2.40. The van der Waals surface area contributed by atoms with Crippen LogP contribution in [0, 0.1) is 26.7 Å². The highest BCUT2D eigenvalue weighted by Crippen LogP contribution is 2.29. The zero-order valence-electron chi connectivity index (χ0n) is 15.9. The second-order valence-corrected chi connectivity index (χ2v) is 8.08. The van der Waals surface area contributed by atoms with Crippen molar-refractivity contribution in [1.82, 2.24) is 9.88 Å². The van der Waals surface area contributed by atoms with E-state index < -0.39 is 5.97 Å². The average Bonchev–Trinajstić information content (AvgIpc) is 3.06. The molecule has 1 aliphatic heterocycles. The molecule has 1 aromatic carbocycles. The molecule has 2 aromatic rings. The summed E-state index contributed by atoms with van der Waals surface area (Å²) < 4.78 is 0. The fourth-order valence-electron chi connectivity index (χ4n) is 3.39. The van der Waals surface area contributed by atoms with Crippen LogP contribution in [0.1, 0.15) is 29.5 Å². The number of nitrogens with one attached hydrogen (secondary N) is 1. The maximum absolute atomic E-state index is 12.3. The van der Waals surface area contributed by atoms with E-state index >= 15 is 0 Å². The van der Waals surface area contributed by atoms with Crippen molar-refractivity contribution in [2.24, 2.45) is 5.92 Å². The van der Waals surface area contributed by atoms with Gasteiger partial charge in [-0.3, -0.25) is 14.5 Å². The summed E-state index contributed by atoms with van der Waals surface area (Å²) in [7, 11) is 0. The van der Waals surface area contributed by atoms with E-state index in [1.165, 1.54) is 28.0 Å². The molecular weight excluding hydrogens is 362 g/mol. The first-order chi connectivity index (χ1) is 12.8. The quantitative estimate of drug-likeness (QED) is 0.821. The topological polar surface area (TPSA) is 82.5 Å². The molecule has 27 heavy (non-hydrogen) atoms. The van der Waals surface area contributed by atoms with Crippen LogP contribution in [0.2, 0.25) is 0 Å². The zero-order chi connectivity index (χ0) is 19.6. The van der Waals surface area contributed by atoms with Crippen molar-refractivity contribution in [3.05, 3.63) is 34.2 Å². The lowest BCUT2D eigenvalue weighted by Gasteiger charge is -2.29. The van der Waals surface area contributed by atoms with Crippen LogP contribution in [0.3, 0.4) is 0 Å². The number of hydrogen-bond acceptors (Lipinski definition) is 5. The number of carbonyl (C=O) groups excluding carboxylic acids is 1. The van der Waals surface area contributed by atoms with Crippen LogP contribution in [0.4, 0.5) is 5.13 Å². The Kier molecular flexibility index (Phi) is 5.92. The number of benzene rings is 1. The molecular formula is C20H25N3O3S. The van der Waals surface area contributed by atoms with Crippen molar-refractivity contribution in [3.63, 3.8) is 0 Å². The Balaban J connectivity index is 1.59. The minimum atomic E-state index is -0.740. The first kappa shape index (κ1) is 19.5. The number of rotatable bonds is 5. The van der Waals surface area contributed by atoms with Crippen LogP contribution in [-0.4, -0.2) is 46.5 Å². The Labute approximate surface area is 163 Å². The number of anilines is 1. The van der Waals surface area contributed by atoms with E-state index in [1.54, 1.807) is 0 Å². The molecule has 1 amide bonds. The smallest absolute Gasteiger partial charge is 0.306 e. The summed E-state index contributed by atoms with van der Waals surface area (Å²) in [5, 5.41) is 14.5. The number of piperidine rings is 1. The summed E-state index contributed by atoms with van der Waals surface area (Å²) in [6.45, 7) is 7.79. The largest absolute Gasteiger partial charge is 0.481 e. The number of aliphatic carboxylic acids is 1. The first-order valence-corrected chi connectivity index (χ1v) is 10.00. The van der Waals surface area contributed by atoms with Crippen molar-refractivity contribution in [2.45, 2.75) is 33.6 Å². The van der Waals surface area contributed by atoms with E-state index in [4.69, 9.17) is 5.11 Å². The van der Waals surface area contributed by atoms with Crippen molar-refractivity contribution in [3.8, 4) is 11.3 Å². The summed E-state index contributed by atoms with van der Waals surface area (Å²) in [6.07, 6.45) is 1.19. The number of carboxylic acids is 1.